The van der Waals surface area contributed by atoms with Crippen LogP contribution in [-0.4, -0.2) is 17.9 Å². The van der Waals surface area contributed by atoms with Crippen LogP contribution < -0.4 is 10.6 Å². The molecule has 1 unspecified atom stereocenters. The predicted octanol–water partition coefficient (Wildman–Crippen LogP) is 2.72. The second-order valence-electron chi connectivity index (χ2n) is 4.60. The van der Waals surface area contributed by atoms with Crippen molar-refractivity contribution in [1.82, 2.24) is 5.32 Å². The third-order valence-electron chi connectivity index (χ3n) is 3.05. The Kier molecular flexibility index (Phi) is 4.69. The molecular weight excluding hydrogens is 334 g/mol. The molecule has 1 saturated heterocycles. The number of hydrogen-bond donors (Lipinski definition) is 2. The number of amides is 2. The summed E-state index contributed by atoms with van der Waals surface area (Å²) in [5.74, 6) is -2.17. The van der Waals surface area contributed by atoms with Gasteiger partial charge in [-0.15, -0.1) is 0 Å². The number of rotatable bonds is 2. The Labute approximate surface area is 123 Å². The van der Waals surface area contributed by atoms with Crippen LogP contribution in [0.4, 0.5) is 14.5 Å². The molecule has 0 spiro atoms. The van der Waals surface area contributed by atoms with Gasteiger partial charge in [0.15, 0.2) is 5.82 Å². The van der Waals surface area contributed by atoms with Crippen molar-refractivity contribution >= 4 is 33.4 Å². The number of halogens is 3. The van der Waals surface area contributed by atoms with E-state index in [9.17, 15) is 18.4 Å². The summed E-state index contributed by atoms with van der Waals surface area (Å²) < 4.78 is 26.9. The first-order chi connectivity index (χ1) is 9.47. The molecule has 0 aliphatic carbocycles. The largest absolute Gasteiger partial charge is 0.344 e. The second kappa shape index (κ2) is 6.30. The lowest BCUT2D eigenvalue weighted by Crippen LogP contribution is -2.42. The van der Waals surface area contributed by atoms with Gasteiger partial charge in [-0.2, -0.15) is 0 Å². The number of hydrogen-bond acceptors (Lipinski definition) is 2. The van der Waals surface area contributed by atoms with E-state index in [1.807, 2.05) is 0 Å². The van der Waals surface area contributed by atoms with E-state index < -0.39 is 23.6 Å². The highest BCUT2D eigenvalue weighted by atomic mass is 79.9. The van der Waals surface area contributed by atoms with Crippen molar-refractivity contribution < 1.29 is 18.4 Å². The van der Waals surface area contributed by atoms with Crippen LogP contribution in [0.25, 0.3) is 0 Å². The maximum atomic E-state index is 13.8. The fourth-order valence-electron chi connectivity index (χ4n) is 2.04. The highest BCUT2D eigenvalue weighted by Gasteiger charge is 2.24. The highest BCUT2D eigenvalue weighted by Crippen LogP contribution is 2.25. The van der Waals surface area contributed by atoms with Crippen molar-refractivity contribution in [2.24, 2.45) is 0 Å². The fraction of sp³-hybridized carbons (Fsp3) is 0.385. The van der Waals surface area contributed by atoms with Crippen LogP contribution in [0.3, 0.4) is 0 Å². The van der Waals surface area contributed by atoms with E-state index in [4.69, 9.17) is 0 Å². The smallest absolute Gasteiger partial charge is 0.247 e. The topological polar surface area (TPSA) is 58.2 Å². The minimum absolute atomic E-state index is 0.0716. The van der Waals surface area contributed by atoms with E-state index in [0.717, 1.165) is 25.0 Å². The third kappa shape index (κ3) is 3.53. The molecule has 4 nitrogen and oxygen atoms in total. The molecular formula is C13H13BrF2N2O2. The summed E-state index contributed by atoms with van der Waals surface area (Å²) in [6, 6.07) is 1.15. The molecule has 1 atom stereocenters. The maximum absolute atomic E-state index is 13.8. The summed E-state index contributed by atoms with van der Waals surface area (Å²) in [5, 5.41) is 4.88. The Morgan fingerprint density at radius 2 is 2.10 bits per heavy atom. The molecule has 2 amide bonds. The zero-order valence-electron chi connectivity index (χ0n) is 10.5. The molecule has 108 valence electrons. The second-order valence-corrected chi connectivity index (χ2v) is 5.46. The van der Waals surface area contributed by atoms with Crippen LogP contribution in [0.5, 0.6) is 0 Å². The zero-order chi connectivity index (χ0) is 14.7. The Bertz CT molecular complexity index is 551. The molecule has 0 saturated carbocycles. The molecule has 1 fully saturated rings. The highest BCUT2D eigenvalue weighted by molar-refractivity contribution is 9.10. The molecule has 1 aromatic rings. The van der Waals surface area contributed by atoms with Crippen LogP contribution in [0.1, 0.15) is 25.7 Å². The van der Waals surface area contributed by atoms with Crippen LogP contribution in [0.15, 0.2) is 16.6 Å². The predicted molar refractivity (Wildman–Crippen MR) is 73.1 cm³/mol. The van der Waals surface area contributed by atoms with Gasteiger partial charge in [-0.3, -0.25) is 9.59 Å². The van der Waals surface area contributed by atoms with Crippen molar-refractivity contribution in [3.63, 3.8) is 0 Å². The van der Waals surface area contributed by atoms with Crippen molar-refractivity contribution in [2.45, 2.75) is 31.7 Å². The van der Waals surface area contributed by atoms with Crippen molar-refractivity contribution in [2.75, 3.05) is 5.32 Å². The van der Waals surface area contributed by atoms with E-state index in [0.29, 0.717) is 12.8 Å². The van der Waals surface area contributed by atoms with Gasteiger partial charge in [0.2, 0.25) is 11.8 Å². The first kappa shape index (κ1) is 14.9. The molecule has 0 bridgehead atoms. The van der Waals surface area contributed by atoms with Crippen molar-refractivity contribution in [3.8, 4) is 0 Å². The number of nitrogens with one attached hydrogen (secondary N) is 2. The molecule has 7 heteroatoms. The van der Waals surface area contributed by atoms with Crippen LogP contribution >= 0.6 is 15.9 Å². The Balaban J connectivity index is 2.13. The summed E-state index contributed by atoms with van der Waals surface area (Å²) in [6.45, 7) is 0. The van der Waals surface area contributed by atoms with E-state index in [1.165, 1.54) is 0 Å². The fourth-order valence-corrected chi connectivity index (χ4v) is 2.47. The Morgan fingerprint density at radius 3 is 2.85 bits per heavy atom. The molecule has 1 aromatic carbocycles. The van der Waals surface area contributed by atoms with Gasteiger partial charge in [0, 0.05) is 12.5 Å². The molecule has 1 aliphatic rings. The summed E-state index contributed by atoms with van der Waals surface area (Å²) in [7, 11) is 0. The van der Waals surface area contributed by atoms with E-state index in [-0.39, 0.29) is 16.1 Å². The van der Waals surface area contributed by atoms with Gasteiger partial charge >= 0.3 is 0 Å². The van der Waals surface area contributed by atoms with Gasteiger partial charge in [-0.05, 0) is 34.8 Å². The average molecular weight is 347 g/mol. The third-order valence-corrected chi connectivity index (χ3v) is 3.63. The van der Waals surface area contributed by atoms with Crippen LogP contribution in [-0.2, 0) is 9.59 Å². The zero-order valence-corrected chi connectivity index (χ0v) is 12.1. The van der Waals surface area contributed by atoms with Gasteiger partial charge in [-0.1, -0.05) is 6.42 Å². The van der Waals surface area contributed by atoms with E-state index >= 15 is 0 Å². The van der Waals surface area contributed by atoms with Gasteiger partial charge in [0.1, 0.15) is 11.9 Å². The van der Waals surface area contributed by atoms with Gasteiger partial charge < -0.3 is 10.6 Å². The molecule has 1 aliphatic heterocycles. The van der Waals surface area contributed by atoms with Gasteiger partial charge in [-0.25, -0.2) is 8.78 Å². The summed E-state index contributed by atoms with van der Waals surface area (Å²) in [4.78, 5) is 23.4. The number of anilines is 1. The Hall–Kier alpha value is -1.50. The first-order valence-corrected chi connectivity index (χ1v) is 7.01. The molecule has 20 heavy (non-hydrogen) atoms. The lowest BCUT2D eigenvalue weighted by Gasteiger charge is -2.16. The number of carbonyl (C=O) groups excluding carboxylic acids is 2. The van der Waals surface area contributed by atoms with Crippen LogP contribution in [0, 0.1) is 11.6 Å². The van der Waals surface area contributed by atoms with Gasteiger partial charge in [0.05, 0.1) is 10.2 Å². The monoisotopic (exact) mass is 346 g/mol. The van der Waals surface area contributed by atoms with E-state index in [1.54, 1.807) is 0 Å². The molecule has 1 heterocycles. The van der Waals surface area contributed by atoms with Crippen molar-refractivity contribution in [3.05, 3.63) is 28.2 Å². The minimum atomic E-state index is -0.750. The summed E-state index contributed by atoms with van der Waals surface area (Å²) >= 11 is 2.87. The lowest BCUT2D eigenvalue weighted by molar-refractivity contribution is -0.126. The maximum Gasteiger partial charge on any atom is 0.247 e. The molecule has 2 rings (SSSR count). The molecule has 0 aromatic heterocycles. The van der Waals surface area contributed by atoms with Gasteiger partial charge in [0.25, 0.3) is 0 Å². The normalized spacial score (nSPS) is 19.1. The number of benzene rings is 1. The lowest BCUT2D eigenvalue weighted by atomic mass is 10.1. The standard InChI is InChI=1S/C13H13BrF2N2O2/c14-8-5-7(15)6-10(12(8)16)18-13(20)9-3-1-2-4-11(19)17-9/h5-6,9H,1-4H2,(H,17,19)(H,18,20). The summed E-state index contributed by atoms with van der Waals surface area (Å²) in [5.41, 5.74) is -0.250. The summed E-state index contributed by atoms with van der Waals surface area (Å²) in [6.07, 6.45) is 2.31. The molecule has 2 N–H and O–H groups in total. The van der Waals surface area contributed by atoms with E-state index in [2.05, 4.69) is 26.6 Å². The van der Waals surface area contributed by atoms with Crippen molar-refractivity contribution in [1.29, 1.82) is 0 Å². The average Bonchev–Trinajstić information content (AvgIpc) is 2.60. The first-order valence-electron chi connectivity index (χ1n) is 6.22. The quantitative estimate of drug-likeness (QED) is 0.809. The van der Waals surface area contributed by atoms with Crippen LogP contribution in [0.2, 0.25) is 0 Å². The number of carbonyl (C=O) groups is 2. The Morgan fingerprint density at radius 1 is 1.35 bits per heavy atom. The minimum Gasteiger partial charge on any atom is -0.344 e. The molecule has 0 radical (unpaired) electrons. The SMILES string of the molecule is O=C1CCCCC(C(=O)Nc2cc(F)cc(Br)c2F)N1.